The Kier molecular flexibility index (Phi) is 4.92. The lowest BCUT2D eigenvalue weighted by Crippen LogP contribution is -2.22. The summed E-state index contributed by atoms with van der Waals surface area (Å²) in [6.45, 7) is 2.38. The fourth-order valence-corrected chi connectivity index (χ4v) is 2.14. The predicted molar refractivity (Wildman–Crippen MR) is 78.8 cm³/mol. The number of ether oxygens (including phenoxy) is 1. The van der Waals surface area contributed by atoms with Gasteiger partial charge in [0.05, 0.1) is 13.2 Å². The quantitative estimate of drug-likeness (QED) is 0.904. The van der Waals surface area contributed by atoms with Crippen LogP contribution in [-0.4, -0.2) is 21.5 Å². The maximum atomic E-state index is 11.5. The molecule has 0 aliphatic rings. The summed E-state index contributed by atoms with van der Waals surface area (Å²) in [5.74, 6) is 0.764. The average molecular weight is 339 g/mol. The molecule has 5 nitrogen and oxygen atoms in total. The van der Waals surface area contributed by atoms with Gasteiger partial charge in [-0.2, -0.15) is 5.10 Å². The Morgan fingerprint density at radius 1 is 1.40 bits per heavy atom. The zero-order valence-electron chi connectivity index (χ0n) is 11.0. The summed E-state index contributed by atoms with van der Waals surface area (Å²) in [5, 5.41) is 13.2. The molecule has 0 saturated carbocycles. The molecule has 0 amide bonds. The number of aromatic nitrogens is 2. The van der Waals surface area contributed by atoms with Crippen molar-refractivity contribution in [3.8, 4) is 5.75 Å². The van der Waals surface area contributed by atoms with E-state index in [1.807, 2.05) is 24.3 Å². The number of rotatable bonds is 5. The fourth-order valence-electron chi connectivity index (χ4n) is 1.76. The van der Waals surface area contributed by atoms with Crippen LogP contribution in [0.2, 0.25) is 0 Å². The maximum Gasteiger partial charge on any atom is 0.206 e. The molecular formula is C14H15BrN2O3. The summed E-state index contributed by atoms with van der Waals surface area (Å²) in [7, 11) is 0. The molecule has 6 heteroatoms. The number of benzene rings is 1. The lowest BCUT2D eigenvalue weighted by atomic mass is 10.3. The highest BCUT2D eigenvalue weighted by Crippen LogP contribution is 2.17. The van der Waals surface area contributed by atoms with E-state index in [1.165, 1.54) is 6.07 Å². The molecule has 1 N–H and O–H groups in total. The number of hydrogen-bond donors (Lipinski definition) is 1. The van der Waals surface area contributed by atoms with Crippen molar-refractivity contribution in [3.05, 3.63) is 56.4 Å². The van der Waals surface area contributed by atoms with Crippen molar-refractivity contribution in [1.29, 1.82) is 0 Å². The Bertz CT molecular complexity index is 655. The van der Waals surface area contributed by atoms with Gasteiger partial charge >= 0.3 is 0 Å². The third-order valence-corrected chi connectivity index (χ3v) is 3.28. The SMILES string of the molecule is Cc1cc(=O)c(CO)nn1CCOc1cccc(Br)c1. The summed E-state index contributed by atoms with van der Waals surface area (Å²) in [6.07, 6.45) is 0. The molecule has 0 saturated heterocycles. The zero-order chi connectivity index (χ0) is 14.5. The van der Waals surface area contributed by atoms with Gasteiger partial charge in [0.25, 0.3) is 0 Å². The second-order valence-electron chi connectivity index (χ2n) is 4.28. The molecule has 0 aliphatic heterocycles. The largest absolute Gasteiger partial charge is 0.492 e. The number of nitrogens with zero attached hydrogens (tertiary/aromatic N) is 2. The number of aliphatic hydroxyl groups is 1. The van der Waals surface area contributed by atoms with Crippen molar-refractivity contribution in [2.24, 2.45) is 0 Å². The van der Waals surface area contributed by atoms with E-state index in [2.05, 4.69) is 21.0 Å². The van der Waals surface area contributed by atoms with E-state index in [9.17, 15) is 4.79 Å². The maximum absolute atomic E-state index is 11.5. The molecule has 0 atom stereocenters. The molecule has 1 heterocycles. The van der Waals surface area contributed by atoms with E-state index in [-0.39, 0.29) is 17.7 Å². The molecule has 2 rings (SSSR count). The molecule has 2 aromatic rings. The topological polar surface area (TPSA) is 64.3 Å². The minimum atomic E-state index is -0.356. The lowest BCUT2D eigenvalue weighted by Gasteiger charge is -2.11. The van der Waals surface area contributed by atoms with Crippen LogP contribution in [0.3, 0.4) is 0 Å². The van der Waals surface area contributed by atoms with Crippen molar-refractivity contribution < 1.29 is 9.84 Å². The molecule has 0 radical (unpaired) electrons. The van der Waals surface area contributed by atoms with Crippen LogP contribution < -0.4 is 10.2 Å². The Labute approximate surface area is 125 Å². The van der Waals surface area contributed by atoms with Crippen LogP contribution in [0.1, 0.15) is 11.4 Å². The van der Waals surface area contributed by atoms with Gasteiger partial charge in [-0.05, 0) is 25.1 Å². The fraction of sp³-hybridized carbons (Fsp3) is 0.286. The summed E-state index contributed by atoms with van der Waals surface area (Å²) >= 11 is 3.38. The molecular weight excluding hydrogens is 324 g/mol. The van der Waals surface area contributed by atoms with Gasteiger partial charge in [0.15, 0.2) is 0 Å². The molecule has 1 aromatic heterocycles. The first-order chi connectivity index (χ1) is 9.60. The highest BCUT2D eigenvalue weighted by Gasteiger charge is 2.05. The van der Waals surface area contributed by atoms with Crippen molar-refractivity contribution in [1.82, 2.24) is 9.78 Å². The molecule has 0 unspecified atom stereocenters. The zero-order valence-corrected chi connectivity index (χ0v) is 12.6. The van der Waals surface area contributed by atoms with Crippen LogP contribution in [0, 0.1) is 6.92 Å². The van der Waals surface area contributed by atoms with Crippen LogP contribution in [0.15, 0.2) is 39.6 Å². The number of aliphatic hydroxyl groups excluding tert-OH is 1. The lowest BCUT2D eigenvalue weighted by molar-refractivity contribution is 0.262. The summed E-state index contributed by atoms with van der Waals surface area (Å²) in [4.78, 5) is 11.5. The first kappa shape index (κ1) is 14.7. The molecule has 0 aliphatic carbocycles. The van der Waals surface area contributed by atoms with Gasteiger partial charge in [0, 0.05) is 16.2 Å². The van der Waals surface area contributed by atoms with Gasteiger partial charge in [-0.3, -0.25) is 9.48 Å². The number of halogens is 1. The highest BCUT2D eigenvalue weighted by molar-refractivity contribution is 9.10. The van der Waals surface area contributed by atoms with Crippen molar-refractivity contribution in [2.75, 3.05) is 6.61 Å². The van der Waals surface area contributed by atoms with Crippen LogP contribution in [0.4, 0.5) is 0 Å². The number of hydrogen-bond acceptors (Lipinski definition) is 4. The first-order valence-corrected chi connectivity index (χ1v) is 6.96. The normalized spacial score (nSPS) is 10.6. The van der Waals surface area contributed by atoms with Gasteiger partial charge in [-0.25, -0.2) is 0 Å². The van der Waals surface area contributed by atoms with Gasteiger partial charge < -0.3 is 9.84 Å². The van der Waals surface area contributed by atoms with E-state index in [0.717, 1.165) is 15.9 Å². The molecule has 0 spiro atoms. The van der Waals surface area contributed by atoms with Gasteiger partial charge in [-0.1, -0.05) is 22.0 Å². The second kappa shape index (κ2) is 6.67. The van der Waals surface area contributed by atoms with Gasteiger partial charge in [-0.15, -0.1) is 0 Å². The van der Waals surface area contributed by atoms with Crippen LogP contribution in [-0.2, 0) is 13.2 Å². The molecule has 0 fully saturated rings. The molecule has 1 aromatic carbocycles. The first-order valence-electron chi connectivity index (χ1n) is 6.17. The Hall–Kier alpha value is -1.66. The predicted octanol–water partition coefficient (Wildman–Crippen LogP) is 1.89. The standard InChI is InChI=1S/C14H15BrN2O3/c1-10-7-14(19)13(9-18)16-17(10)5-6-20-12-4-2-3-11(15)8-12/h2-4,7-8,18H,5-6,9H2,1H3. The monoisotopic (exact) mass is 338 g/mol. The summed E-state index contributed by atoms with van der Waals surface area (Å²) < 4.78 is 8.23. The third-order valence-electron chi connectivity index (χ3n) is 2.79. The van der Waals surface area contributed by atoms with Gasteiger partial charge in [0.2, 0.25) is 5.43 Å². The van der Waals surface area contributed by atoms with Crippen molar-refractivity contribution in [3.63, 3.8) is 0 Å². The second-order valence-corrected chi connectivity index (χ2v) is 5.20. The van der Waals surface area contributed by atoms with E-state index in [4.69, 9.17) is 9.84 Å². The smallest absolute Gasteiger partial charge is 0.206 e. The van der Waals surface area contributed by atoms with E-state index in [1.54, 1.807) is 11.6 Å². The van der Waals surface area contributed by atoms with Gasteiger partial charge in [0.1, 0.15) is 18.1 Å². The molecule has 0 bridgehead atoms. The summed E-state index contributed by atoms with van der Waals surface area (Å²) in [6, 6.07) is 9.04. The minimum Gasteiger partial charge on any atom is -0.492 e. The Morgan fingerprint density at radius 2 is 2.20 bits per heavy atom. The summed E-state index contributed by atoms with van der Waals surface area (Å²) in [5.41, 5.74) is 0.650. The van der Waals surface area contributed by atoms with Crippen LogP contribution in [0.5, 0.6) is 5.75 Å². The third kappa shape index (κ3) is 3.68. The molecule has 106 valence electrons. The average Bonchev–Trinajstić information content (AvgIpc) is 2.41. The molecule has 20 heavy (non-hydrogen) atoms. The number of aryl methyl sites for hydroxylation is 1. The van der Waals surface area contributed by atoms with E-state index < -0.39 is 0 Å². The Morgan fingerprint density at radius 3 is 2.90 bits per heavy atom. The van der Waals surface area contributed by atoms with Crippen molar-refractivity contribution >= 4 is 15.9 Å². The Balaban J connectivity index is 2.02. The highest BCUT2D eigenvalue weighted by atomic mass is 79.9. The van der Waals surface area contributed by atoms with E-state index in [0.29, 0.717) is 13.2 Å². The van der Waals surface area contributed by atoms with Crippen molar-refractivity contribution in [2.45, 2.75) is 20.1 Å². The van der Waals surface area contributed by atoms with Crippen LogP contribution >= 0.6 is 15.9 Å². The minimum absolute atomic E-state index is 0.151. The van der Waals surface area contributed by atoms with Crippen LogP contribution in [0.25, 0.3) is 0 Å². The van der Waals surface area contributed by atoms with E-state index >= 15 is 0 Å².